The molecule has 2 rings (SSSR count). The van der Waals surface area contributed by atoms with Gasteiger partial charge in [-0.05, 0) is 6.42 Å². The molecule has 0 aliphatic heterocycles. The van der Waals surface area contributed by atoms with E-state index in [1.807, 2.05) is 30.3 Å². The number of halogens is 1. The van der Waals surface area contributed by atoms with Crippen LogP contribution in [0.4, 0.5) is 0 Å². The van der Waals surface area contributed by atoms with E-state index in [1.165, 1.54) is 0 Å². The second kappa shape index (κ2) is 5.77. The van der Waals surface area contributed by atoms with Gasteiger partial charge in [-0.1, -0.05) is 51.4 Å². The Labute approximate surface area is 108 Å². The Kier molecular flexibility index (Phi) is 4.09. The van der Waals surface area contributed by atoms with Crippen LogP contribution in [0, 0.1) is 0 Å². The molecule has 17 heavy (non-hydrogen) atoms. The Morgan fingerprint density at radius 2 is 2.06 bits per heavy atom. The summed E-state index contributed by atoms with van der Waals surface area (Å²) in [5.41, 5.74) is 1.66. The van der Waals surface area contributed by atoms with Crippen molar-refractivity contribution in [2.24, 2.45) is 0 Å². The van der Waals surface area contributed by atoms with Crippen LogP contribution in [0.25, 0.3) is 11.3 Å². The maximum absolute atomic E-state index is 11.7. The zero-order valence-electron chi connectivity index (χ0n) is 9.23. The first-order chi connectivity index (χ1) is 8.31. The summed E-state index contributed by atoms with van der Waals surface area (Å²) in [7, 11) is 0. The molecule has 0 radical (unpaired) electrons. The molecule has 1 heterocycles. The first-order valence-corrected chi connectivity index (χ1v) is 6.54. The fourth-order valence-corrected chi connectivity index (χ4v) is 1.78. The van der Waals surface area contributed by atoms with Gasteiger partial charge in [0.1, 0.15) is 5.69 Å². The predicted molar refractivity (Wildman–Crippen MR) is 69.3 cm³/mol. The Morgan fingerprint density at radius 1 is 1.29 bits per heavy atom. The molecule has 1 aromatic carbocycles. The Bertz CT molecular complexity index is 493. The third-order valence-corrected chi connectivity index (χ3v) is 2.95. The van der Waals surface area contributed by atoms with Crippen LogP contribution < -0.4 is 0 Å². The maximum Gasteiger partial charge on any atom is 0.203 e. The van der Waals surface area contributed by atoms with Gasteiger partial charge in [-0.25, -0.2) is 0 Å². The minimum absolute atomic E-state index is 0.000805. The van der Waals surface area contributed by atoms with Crippen molar-refractivity contribution in [1.82, 2.24) is 5.16 Å². The highest BCUT2D eigenvalue weighted by atomic mass is 79.9. The van der Waals surface area contributed by atoms with Gasteiger partial charge in [-0.2, -0.15) is 0 Å². The first kappa shape index (κ1) is 12.0. The monoisotopic (exact) mass is 293 g/mol. The summed E-state index contributed by atoms with van der Waals surface area (Å²) >= 11 is 3.29. The average molecular weight is 294 g/mol. The number of ketones is 1. The highest BCUT2D eigenvalue weighted by molar-refractivity contribution is 9.09. The van der Waals surface area contributed by atoms with E-state index in [9.17, 15) is 4.79 Å². The number of Topliss-reactive ketones (excluding diaryl/α,β-unsaturated/α-hetero) is 1. The Morgan fingerprint density at radius 3 is 2.76 bits per heavy atom. The SMILES string of the molecule is O=C(CCCBr)c1cc(-c2ccccc2)no1. The highest BCUT2D eigenvalue weighted by Crippen LogP contribution is 2.19. The molecule has 0 bridgehead atoms. The average Bonchev–Trinajstić information content (AvgIpc) is 2.86. The largest absolute Gasteiger partial charge is 0.352 e. The normalized spacial score (nSPS) is 10.4. The molecular weight excluding hydrogens is 282 g/mol. The summed E-state index contributed by atoms with van der Waals surface area (Å²) in [4.78, 5) is 11.7. The summed E-state index contributed by atoms with van der Waals surface area (Å²) in [6, 6.07) is 11.4. The van der Waals surface area contributed by atoms with E-state index in [-0.39, 0.29) is 5.78 Å². The van der Waals surface area contributed by atoms with Crippen molar-refractivity contribution in [3.8, 4) is 11.3 Å². The molecule has 0 aliphatic rings. The fourth-order valence-electron chi connectivity index (χ4n) is 1.50. The maximum atomic E-state index is 11.7. The van der Waals surface area contributed by atoms with Crippen molar-refractivity contribution in [2.75, 3.05) is 5.33 Å². The molecule has 4 heteroatoms. The van der Waals surface area contributed by atoms with Gasteiger partial charge in [0.25, 0.3) is 0 Å². The molecule has 0 aliphatic carbocycles. The Balaban J connectivity index is 2.14. The standard InChI is InChI=1S/C13H12BrNO2/c14-8-4-7-12(16)13-9-11(15-17-13)10-5-2-1-3-6-10/h1-3,5-6,9H,4,7-8H2. The molecular formula is C13H12BrNO2. The third-order valence-electron chi connectivity index (χ3n) is 2.39. The zero-order valence-corrected chi connectivity index (χ0v) is 10.8. The van der Waals surface area contributed by atoms with Gasteiger partial charge in [-0.3, -0.25) is 4.79 Å². The third kappa shape index (κ3) is 3.03. The molecule has 0 unspecified atom stereocenters. The van der Waals surface area contributed by atoms with Crippen molar-refractivity contribution in [2.45, 2.75) is 12.8 Å². The van der Waals surface area contributed by atoms with Crippen LogP contribution in [0.2, 0.25) is 0 Å². The van der Waals surface area contributed by atoms with Gasteiger partial charge in [0.2, 0.25) is 11.5 Å². The number of benzene rings is 1. The van der Waals surface area contributed by atoms with Gasteiger partial charge >= 0.3 is 0 Å². The van der Waals surface area contributed by atoms with Crippen LogP contribution in [0.15, 0.2) is 40.9 Å². The molecule has 1 aromatic heterocycles. The van der Waals surface area contributed by atoms with Crippen LogP contribution >= 0.6 is 15.9 Å². The molecule has 0 saturated heterocycles. The van der Waals surface area contributed by atoms with Gasteiger partial charge in [0.05, 0.1) is 0 Å². The number of carbonyl (C=O) groups excluding carboxylic acids is 1. The second-order valence-corrected chi connectivity index (χ2v) is 4.45. The van der Waals surface area contributed by atoms with Crippen LogP contribution in [-0.4, -0.2) is 16.3 Å². The zero-order chi connectivity index (χ0) is 12.1. The second-order valence-electron chi connectivity index (χ2n) is 3.66. The predicted octanol–water partition coefficient (Wildman–Crippen LogP) is 3.70. The van der Waals surface area contributed by atoms with Crippen LogP contribution in [0.5, 0.6) is 0 Å². The van der Waals surface area contributed by atoms with E-state index in [2.05, 4.69) is 21.1 Å². The molecule has 0 spiro atoms. The summed E-state index contributed by atoms with van der Waals surface area (Å²) in [6.45, 7) is 0. The number of hydrogen-bond donors (Lipinski definition) is 0. The molecule has 0 amide bonds. The van der Waals surface area contributed by atoms with Crippen molar-refractivity contribution < 1.29 is 9.32 Å². The first-order valence-electron chi connectivity index (χ1n) is 5.42. The molecule has 0 saturated carbocycles. The van der Waals surface area contributed by atoms with E-state index in [1.54, 1.807) is 6.07 Å². The molecule has 0 N–H and O–H groups in total. The lowest BCUT2D eigenvalue weighted by molar-refractivity contribution is 0.0946. The number of alkyl halides is 1. The summed E-state index contributed by atoms with van der Waals surface area (Å²) in [6.07, 6.45) is 1.29. The van der Waals surface area contributed by atoms with Gasteiger partial charge in [0, 0.05) is 23.4 Å². The summed E-state index contributed by atoms with van der Waals surface area (Å²) in [5, 5.41) is 4.73. The van der Waals surface area contributed by atoms with Crippen LogP contribution in [-0.2, 0) is 0 Å². The van der Waals surface area contributed by atoms with Crippen molar-refractivity contribution in [1.29, 1.82) is 0 Å². The summed E-state index contributed by atoms with van der Waals surface area (Å²) in [5.74, 6) is 0.337. The topological polar surface area (TPSA) is 43.1 Å². The van der Waals surface area contributed by atoms with E-state index in [0.717, 1.165) is 17.3 Å². The lowest BCUT2D eigenvalue weighted by Crippen LogP contribution is -1.96. The van der Waals surface area contributed by atoms with E-state index >= 15 is 0 Å². The van der Waals surface area contributed by atoms with Crippen molar-refractivity contribution in [3.05, 3.63) is 42.2 Å². The number of aromatic nitrogens is 1. The molecule has 3 nitrogen and oxygen atoms in total. The van der Waals surface area contributed by atoms with Gasteiger partial charge in [0.15, 0.2) is 0 Å². The van der Waals surface area contributed by atoms with E-state index in [4.69, 9.17) is 4.52 Å². The number of nitrogens with zero attached hydrogens (tertiary/aromatic N) is 1. The minimum Gasteiger partial charge on any atom is -0.352 e. The molecule has 2 aromatic rings. The number of hydrogen-bond acceptors (Lipinski definition) is 3. The van der Waals surface area contributed by atoms with Crippen LogP contribution in [0.1, 0.15) is 23.4 Å². The van der Waals surface area contributed by atoms with Crippen LogP contribution in [0.3, 0.4) is 0 Å². The Hall–Kier alpha value is -1.42. The molecule has 88 valence electrons. The fraction of sp³-hybridized carbons (Fsp3) is 0.231. The lowest BCUT2D eigenvalue weighted by Gasteiger charge is -1.92. The summed E-state index contributed by atoms with van der Waals surface area (Å²) < 4.78 is 5.06. The number of carbonyl (C=O) groups is 1. The minimum atomic E-state index is -0.000805. The van der Waals surface area contributed by atoms with E-state index < -0.39 is 0 Å². The quantitative estimate of drug-likeness (QED) is 0.624. The van der Waals surface area contributed by atoms with Crippen molar-refractivity contribution >= 4 is 21.7 Å². The molecule has 0 fully saturated rings. The molecule has 0 atom stereocenters. The van der Waals surface area contributed by atoms with Gasteiger partial charge < -0.3 is 4.52 Å². The van der Waals surface area contributed by atoms with E-state index in [0.29, 0.717) is 17.9 Å². The number of rotatable bonds is 5. The highest BCUT2D eigenvalue weighted by Gasteiger charge is 2.13. The lowest BCUT2D eigenvalue weighted by atomic mass is 10.1. The van der Waals surface area contributed by atoms with Crippen molar-refractivity contribution in [3.63, 3.8) is 0 Å². The smallest absolute Gasteiger partial charge is 0.203 e. The van der Waals surface area contributed by atoms with Gasteiger partial charge in [-0.15, -0.1) is 0 Å².